The summed E-state index contributed by atoms with van der Waals surface area (Å²) in [7, 11) is 0. The lowest BCUT2D eigenvalue weighted by Gasteiger charge is -2.05. The van der Waals surface area contributed by atoms with Crippen molar-refractivity contribution >= 4 is 5.82 Å². The van der Waals surface area contributed by atoms with Crippen molar-refractivity contribution in [3.8, 4) is 11.3 Å². The summed E-state index contributed by atoms with van der Waals surface area (Å²) in [4.78, 5) is 8.47. The Labute approximate surface area is 103 Å². The van der Waals surface area contributed by atoms with Crippen LogP contribution in [0.3, 0.4) is 0 Å². The van der Waals surface area contributed by atoms with Crippen LogP contribution in [-0.2, 0) is 0 Å². The Bertz CT molecular complexity index is 589. The lowest BCUT2D eigenvalue weighted by Crippen LogP contribution is -2.00. The standard InChI is InChI=1S/C13H11F2N3/c14-9-3-8(4-10(15)5-9)11-6-12(16)18-13(17-11)7-1-2-7/h3-7H,1-2H2,(H2,16,17,18). The number of benzene rings is 1. The van der Waals surface area contributed by atoms with Crippen molar-refractivity contribution < 1.29 is 8.78 Å². The van der Waals surface area contributed by atoms with Crippen molar-refractivity contribution in [2.75, 3.05) is 5.73 Å². The lowest BCUT2D eigenvalue weighted by molar-refractivity contribution is 0.584. The molecule has 1 heterocycles. The molecular formula is C13H11F2N3. The van der Waals surface area contributed by atoms with E-state index in [9.17, 15) is 8.78 Å². The maximum absolute atomic E-state index is 13.2. The number of halogens is 2. The number of nitrogen functional groups attached to an aromatic ring is 1. The number of anilines is 1. The Morgan fingerprint density at radius 3 is 2.28 bits per heavy atom. The molecule has 1 saturated carbocycles. The molecule has 0 amide bonds. The monoisotopic (exact) mass is 247 g/mol. The van der Waals surface area contributed by atoms with Gasteiger partial charge in [-0.1, -0.05) is 0 Å². The minimum absolute atomic E-state index is 0.326. The average molecular weight is 247 g/mol. The molecule has 0 radical (unpaired) electrons. The van der Waals surface area contributed by atoms with E-state index >= 15 is 0 Å². The molecule has 5 heteroatoms. The third-order valence-electron chi connectivity index (χ3n) is 2.86. The molecule has 92 valence electrons. The molecule has 0 atom stereocenters. The highest BCUT2D eigenvalue weighted by Gasteiger charge is 2.27. The summed E-state index contributed by atoms with van der Waals surface area (Å²) in [5, 5.41) is 0. The zero-order chi connectivity index (χ0) is 12.7. The first-order valence-corrected chi connectivity index (χ1v) is 5.73. The Kier molecular flexibility index (Phi) is 2.47. The van der Waals surface area contributed by atoms with Gasteiger partial charge in [0.25, 0.3) is 0 Å². The molecule has 1 aliphatic rings. The minimum Gasteiger partial charge on any atom is -0.384 e. The molecule has 2 N–H and O–H groups in total. The molecule has 3 rings (SSSR count). The van der Waals surface area contributed by atoms with Crippen LogP contribution in [0.2, 0.25) is 0 Å². The van der Waals surface area contributed by atoms with E-state index in [-0.39, 0.29) is 0 Å². The van der Waals surface area contributed by atoms with Gasteiger partial charge in [-0.15, -0.1) is 0 Å². The van der Waals surface area contributed by atoms with Crippen molar-refractivity contribution in [3.05, 3.63) is 41.7 Å². The molecule has 0 unspecified atom stereocenters. The molecular weight excluding hydrogens is 236 g/mol. The predicted octanol–water partition coefficient (Wildman–Crippen LogP) is 2.88. The van der Waals surface area contributed by atoms with Crippen LogP contribution in [0.15, 0.2) is 24.3 Å². The van der Waals surface area contributed by atoms with E-state index in [2.05, 4.69) is 9.97 Å². The number of nitrogens with two attached hydrogens (primary N) is 1. The fraction of sp³-hybridized carbons (Fsp3) is 0.231. The number of nitrogens with zero attached hydrogens (tertiary/aromatic N) is 2. The highest BCUT2D eigenvalue weighted by Crippen LogP contribution is 2.39. The third-order valence-corrected chi connectivity index (χ3v) is 2.86. The topological polar surface area (TPSA) is 51.8 Å². The molecule has 1 aliphatic carbocycles. The molecule has 18 heavy (non-hydrogen) atoms. The van der Waals surface area contributed by atoms with Crippen LogP contribution in [0.1, 0.15) is 24.6 Å². The van der Waals surface area contributed by atoms with Gasteiger partial charge in [-0.05, 0) is 25.0 Å². The van der Waals surface area contributed by atoms with E-state index in [1.807, 2.05) is 0 Å². The highest BCUT2D eigenvalue weighted by atomic mass is 19.1. The van der Waals surface area contributed by atoms with E-state index in [1.165, 1.54) is 18.2 Å². The molecule has 0 bridgehead atoms. The number of rotatable bonds is 2. The maximum atomic E-state index is 13.2. The minimum atomic E-state index is -0.629. The van der Waals surface area contributed by atoms with Gasteiger partial charge in [0.15, 0.2) is 0 Å². The van der Waals surface area contributed by atoms with Crippen LogP contribution in [0.5, 0.6) is 0 Å². The van der Waals surface area contributed by atoms with Crippen LogP contribution in [0.25, 0.3) is 11.3 Å². The largest absolute Gasteiger partial charge is 0.384 e. The maximum Gasteiger partial charge on any atom is 0.134 e. The van der Waals surface area contributed by atoms with E-state index in [1.54, 1.807) is 0 Å². The third kappa shape index (κ3) is 2.16. The molecule has 1 aromatic heterocycles. The van der Waals surface area contributed by atoms with Crippen LogP contribution in [-0.4, -0.2) is 9.97 Å². The Morgan fingerprint density at radius 1 is 1.00 bits per heavy atom. The summed E-state index contributed by atoms with van der Waals surface area (Å²) in [5.41, 5.74) is 6.54. The Balaban J connectivity index is 2.09. The lowest BCUT2D eigenvalue weighted by atomic mass is 10.1. The fourth-order valence-corrected chi connectivity index (χ4v) is 1.86. The van der Waals surface area contributed by atoms with Gasteiger partial charge in [-0.2, -0.15) is 0 Å². The van der Waals surface area contributed by atoms with Crippen molar-refractivity contribution in [2.24, 2.45) is 0 Å². The number of hydrogen-bond acceptors (Lipinski definition) is 3. The first kappa shape index (κ1) is 11.1. The van der Waals surface area contributed by atoms with E-state index < -0.39 is 11.6 Å². The van der Waals surface area contributed by atoms with Crippen molar-refractivity contribution in [1.82, 2.24) is 9.97 Å². The summed E-state index contributed by atoms with van der Waals surface area (Å²) in [6, 6.07) is 4.83. The zero-order valence-corrected chi connectivity index (χ0v) is 9.53. The summed E-state index contributed by atoms with van der Waals surface area (Å²) in [6.45, 7) is 0. The summed E-state index contributed by atoms with van der Waals surface area (Å²) in [5.74, 6) is 0.0669. The predicted molar refractivity (Wildman–Crippen MR) is 63.8 cm³/mol. The Morgan fingerprint density at radius 2 is 1.67 bits per heavy atom. The van der Waals surface area contributed by atoms with Crippen LogP contribution < -0.4 is 5.73 Å². The normalized spacial score (nSPS) is 14.8. The van der Waals surface area contributed by atoms with Gasteiger partial charge in [0, 0.05) is 23.6 Å². The first-order chi connectivity index (χ1) is 8.61. The quantitative estimate of drug-likeness (QED) is 0.887. The van der Waals surface area contributed by atoms with Gasteiger partial charge in [-0.3, -0.25) is 0 Å². The average Bonchev–Trinajstić information content (AvgIpc) is 3.10. The van der Waals surface area contributed by atoms with E-state index in [0.29, 0.717) is 28.8 Å². The van der Waals surface area contributed by atoms with Crippen LogP contribution >= 0.6 is 0 Å². The molecule has 0 saturated heterocycles. The van der Waals surface area contributed by atoms with Gasteiger partial charge in [0.2, 0.25) is 0 Å². The van der Waals surface area contributed by atoms with Gasteiger partial charge in [-0.25, -0.2) is 18.7 Å². The van der Waals surface area contributed by atoms with E-state index in [0.717, 1.165) is 18.9 Å². The summed E-state index contributed by atoms with van der Waals surface area (Å²) in [6.07, 6.45) is 2.08. The first-order valence-electron chi connectivity index (χ1n) is 5.73. The molecule has 0 aliphatic heterocycles. The van der Waals surface area contributed by atoms with Crippen molar-refractivity contribution in [3.63, 3.8) is 0 Å². The van der Waals surface area contributed by atoms with E-state index in [4.69, 9.17) is 5.73 Å². The second-order valence-corrected chi connectivity index (χ2v) is 4.47. The second-order valence-electron chi connectivity index (χ2n) is 4.47. The van der Waals surface area contributed by atoms with Gasteiger partial charge >= 0.3 is 0 Å². The zero-order valence-electron chi connectivity index (χ0n) is 9.53. The van der Waals surface area contributed by atoms with Crippen LogP contribution in [0, 0.1) is 11.6 Å². The van der Waals surface area contributed by atoms with Gasteiger partial charge in [0.1, 0.15) is 23.3 Å². The molecule has 3 nitrogen and oxygen atoms in total. The molecule has 1 aromatic carbocycles. The summed E-state index contributed by atoms with van der Waals surface area (Å²) < 4.78 is 26.3. The number of hydrogen-bond donors (Lipinski definition) is 1. The van der Waals surface area contributed by atoms with Gasteiger partial charge in [0.05, 0.1) is 5.69 Å². The molecule has 1 fully saturated rings. The second kappa shape index (κ2) is 4.01. The van der Waals surface area contributed by atoms with Crippen molar-refractivity contribution in [1.29, 1.82) is 0 Å². The number of aromatic nitrogens is 2. The Hall–Kier alpha value is -2.04. The fourth-order valence-electron chi connectivity index (χ4n) is 1.86. The van der Waals surface area contributed by atoms with Gasteiger partial charge < -0.3 is 5.73 Å². The van der Waals surface area contributed by atoms with Crippen molar-refractivity contribution in [2.45, 2.75) is 18.8 Å². The SMILES string of the molecule is Nc1cc(-c2cc(F)cc(F)c2)nc(C2CC2)n1. The summed E-state index contributed by atoms with van der Waals surface area (Å²) >= 11 is 0. The molecule has 2 aromatic rings. The van der Waals surface area contributed by atoms with Crippen LogP contribution in [0.4, 0.5) is 14.6 Å². The highest BCUT2D eigenvalue weighted by molar-refractivity contribution is 5.62. The smallest absolute Gasteiger partial charge is 0.134 e. The molecule has 0 spiro atoms.